The first-order chi connectivity index (χ1) is 26.2. The number of hydrogen-bond acceptors (Lipinski definition) is 3. The van der Waals surface area contributed by atoms with Crippen molar-refractivity contribution < 1.29 is 4.42 Å². The molecule has 0 aliphatic rings. The molecule has 2 heterocycles. The number of para-hydroxylation sites is 2. The summed E-state index contributed by atoms with van der Waals surface area (Å²) in [4.78, 5) is 9.42. The van der Waals surface area contributed by atoms with Crippen molar-refractivity contribution in [3.63, 3.8) is 0 Å². The van der Waals surface area contributed by atoms with Crippen LogP contribution in [0, 0.1) is 0 Å². The van der Waals surface area contributed by atoms with Gasteiger partial charge in [0.05, 0.1) is 11.0 Å². The Labute approximate surface area is 305 Å². The van der Waals surface area contributed by atoms with E-state index in [1.165, 1.54) is 54.9 Å². The molecule has 0 fully saturated rings. The molecule has 3 nitrogen and oxygen atoms in total. The van der Waals surface area contributed by atoms with E-state index in [2.05, 4.69) is 163 Å². The second-order valence-electron chi connectivity index (χ2n) is 13.8. The summed E-state index contributed by atoms with van der Waals surface area (Å²) in [5.74, 6) is 0. The number of furan rings is 1. The predicted molar refractivity (Wildman–Crippen MR) is 221 cm³/mol. The van der Waals surface area contributed by atoms with Crippen LogP contribution in [0.5, 0.6) is 0 Å². The minimum Gasteiger partial charge on any atom is -0.455 e. The van der Waals surface area contributed by atoms with E-state index in [9.17, 15) is 0 Å². The van der Waals surface area contributed by atoms with Gasteiger partial charge in [-0.05, 0) is 90.8 Å². The number of nitrogens with zero attached hydrogens (tertiary/aromatic N) is 2. The summed E-state index contributed by atoms with van der Waals surface area (Å²) in [6.45, 7) is 0. The van der Waals surface area contributed by atoms with E-state index >= 15 is 0 Å². The molecule has 0 unspecified atom stereocenters. The van der Waals surface area contributed by atoms with Crippen LogP contribution in [0.25, 0.3) is 110 Å². The average Bonchev–Trinajstić information content (AvgIpc) is 3.62. The summed E-state index contributed by atoms with van der Waals surface area (Å²) in [5, 5.41) is 9.37. The fourth-order valence-electron chi connectivity index (χ4n) is 8.11. The minimum atomic E-state index is 0.919. The number of aromatic nitrogens is 2. The smallest absolute Gasteiger partial charge is 0.143 e. The van der Waals surface area contributed by atoms with Crippen LogP contribution in [0.3, 0.4) is 0 Å². The molecule has 0 saturated heterocycles. The van der Waals surface area contributed by atoms with Gasteiger partial charge in [-0.1, -0.05) is 140 Å². The van der Waals surface area contributed by atoms with Crippen molar-refractivity contribution in [2.24, 2.45) is 0 Å². The Morgan fingerprint density at radius 3 is 1.60 bits per heavy atom. The van der Waals surface area contributed by atoms with Gasteiger partial charge in [0, 0.05) is 39.5 Å². The number of hydrogen-bond donors (Lipinski definition) is 0. The molecule has 9 aromatic carbocycles. The van der Waals surface area contributed by atoms with E-state index in [0.717, 1.165) is 54.9 Å². The van der Waals surface area contributed by atoms with E-state index in [-0.39, 0.29) is 0 Å². The molecule has 0 atom stereocenters. The maximum Gasteiger partial charge on any atom is 0.143 e. The largest absolute Gasteiger partial charge is 0.455 e. The molecule has 0 saturated carbocycles. The molecule has 3 heteroatoms. The highest BCUT2D eigenvalue weighted by atomic mass is 16.3. The number of benzene rings is 9. The summed E-state index contributed by atoms with van der Waals surface area (Å²) in [6, 6.07) is 61.1. The molecule has 0 aliphatic carbocycles. The van der Waals surface area contributed by atoms with Gasteiger partial charge in [-0.15, -0.1) is 0 Å². The van der Waals surface area contributed by atoms with E-state index in [1.54, 1.807) is 12.4 Å². The van der Waals surface area contributed by atoms with Crippen molar-refractivity contribution in [2.75, 3.05) is 0 Å². The Balaban J connectivity index is 0.911. The fraction of sp³-hybridized carbons (Fsp3) is 0. The molecule has 0 bridgehead atoms. The molecule has 0 radical (unpaired) electrons. The number of rotatable bonds is 4. The van der Waals surface area contributed by atoms with Gasteiger partial charge in [0.2, 0.25) is 0 Å². The molecule has 53 heavy (non-hydrogen) atoms. The van der Waals surface area contributed by atoms with E-state index in [0.29, 0.717) is 0 Å². The van der Waals surface area contributed by atoms with Crippen LogP contribution >= 0.6 is 0 Å². The zero-order valence-corrected chi connectivity index (χ0v) is 28.6. The lowest BCUT2D eigenvalue weighted by atomic mass is 9.93. The first-order valence-electron chi connectivity index (χ1n) is 18.0. The zero-order chi connectivity index (χ0) is 34.9. The van der Waals surface area contributed by atoms with Crippen LogP contribution in [0.4, 0.5) is 0 Å². The third-order valence-corrected chi connectivity index (χ3v) is 10.7. The van der Waals surface area contributed by atoms with E-state index < -0.39 is 0 Å². The molecular weight excluding hydrogens is 645 g/mol. The summed E-state index contributed by atoms with van der Waals surface area (Å²) in [5.41, 5.74) is 13.1. The first-order valence-corrected chi connectivity index (χ1v) is 18.0. The molecule has 0 aliphatic heterocycles. The Morgan fingerprint density at radius 1 is 0.321 bits per heavy atom. The topological polar surface area (TPSA) is 38.9 Å². The van der Waals surface area contributed by atoms with Crippen molar-refractivity contribution in [3.8, 4) is 44.5 Å². The third-order valence-electron chi connectivity index (χ3n) is 10.7. The van der Waals surface area contributed by atoms with Gasteiger partial charge in [0.1, 0.15) is 11.2 Å². The van der Waals surface area contributed by atoms with Gasteiger partial charge in [0.15, 0.2) is 0 Å². The maximum atomic E-state index is 6.31. The SMILES string of the molecule is c1cc(-c2ccc3cc(-c4ccc(-c5cccc6c5oc5ccccc56)cc4)ccc3c2)cc(-c2ccc3c(c2)c2ccccc2c2nccnc32)c1. The van der Waals surface area contributed by atoms with Crippen LogP contribution in [0.1, 0.15) is 0 Å². The molecule has 11 aromatic rings. The van der Waals surface area contributed by atoms with Crippen molar-refractivity contribution in [2.45, 2.75) is 0 Å². The molecular formula is C50H30N2O. The lowest BCUT2D eigenvalue weighted by molar-refractivity contribution is 0.670. The molecule has 0 amide bonds. The quantitative estimate of drug-likeness (QED) is 0.174. The van der Waals surface area contributed by atoms with Crippen LogP contribution in [-0.4, -0.2) is 9.97 Å². The third kappa shape index (κ3) is 4.82. The van der Waals surface area contributed by atoms with Gasteiger partial charge in [-0.3, -0.25) is 9.97 Å². The Bertz CT molecular complexity index is 3190. The molecule has 0 spiro atoms. The standard InChI is InChI=1S/C50H30N2O/c1-2-11-43-41(9-1)46-30-39(23-24-44(46)49-48(43)51-25-26-52-49)34-8-5-7-33(27-34)36-21-22-37-28-35(19-20-38(37)29-36)31-15-17-32(18-16-31)40-12-6-13-45-42-10-3-4-14-47(42)53-50(40)45/h1-30H. The second-order valence-corrected chi connectivity index (χ2v) is 13.8. The van der Waals surface area contributed by atoms with Crippen molar-refractivity contribution >= 4 is 65.3 Å². The van der Waals surface area contributed by atoms with E-state index in [4.69, 9.17) is 9.40 Å². The van der Waals surface area contributed by atoms with Crippen LogP contribution in [0.15, 0.2) is 187 Å². The lowest BCUT2D eigenvalue weighted by Gasteiger charge is -2.12. The molecule has 2 aromatic heterocycles. The van der Waals surface area contributed by atoms with Gasteiger partial charge < -0.3 is 4.42 Å². The lowest BCUT2D eigenvalue weighted by Crippen LogP contribution is -1.89. The van der Waals surface area contributed by atoms with Crippen molar-refractivity contribution in [3.05, 3.63) is 182 Å². The fourth-order valence-corrected chi connectivity index (χ4v) is 8.11. The van der Waals surface area contributed by atoms with Gasteiger partial charge in [-0.25, -0.2) is 0 Å². The van der Waals surface area contributed by atoms with Crippen LogP contribution in [-0.2, 0) is 0 Å². The van der Waals surface area contributed by atoms with Crippen molar-refractivity contribution in [1.29, 1.82) is 0 Å². The second kappa shape index (κ2) is 11.7. The van der Waals surface area contributed by atoms with Gasteiger partial charge >= 0.3 is 0 Å². The molecule has 11 rings (SSSR count). The molecule has 0 N–H and O–H groups in total. The normalized spacial score (nSPS) is 11.8. The summed E-state index contributed by atoms with van der Waals surface area (Å²) in [6.07, 6.45) is 3.55. The summed E-state index contributed by atoms with van der Waals surface area (Å²) >= 11 is 0. The number of fused-ring (bicyclic) bond motifs is 10. The van der Waals surface area contributed by atoms with Crippen LogP contribution in [0.2, 0.25) is 0 Å². The summed E-state index contributed by atoms with van der Waals surface area (Å²) in [7, 11) is 0. The maximum absolute atomic E-state index is 6.31. The highest BCUT2D eigenvalue weighted by molar-refractivity contribution is 6.23. The van der Waals surface area contributed by atoms with Crippen molar-refractivity contribution in [1.82, 2.24) is 9.97 Å². The summed E-state index contributed by atoms with van der Waals surface area (Å²) < 4.78 is 6.31. The minimum absolute atomic E-state index is 0.919. The van der Waals surface area contributed by atoms with Gasteiger partial charge in [-0.2, -0.15) is 0 Å². The highest BCUT2D eigenvalue weighted by Crippen LogP contribution is 2.38. The van der Waals surface area contributed by atoms with E-state index in [1.807, 2.05) is 12.1 Å². The first kappa shape index (κ1) is 29.6. The monoisotopic (exact) mass is 674 g/mol. The van der Waals surface area contributed by atoms with Gasteiger partial charge in [0.25, 0.3) is 0 Å². The Kier molecular flexibility index (Phi) is 6.55. The predicted octanol–water partition coefficient (Wildman–Crippen LogP) is 13.7. The highest BCUT2D eigenvalue weighted by Gasteiger charge is 2.14. The molecule has 246 valence electrons. The Hall–Kier alpha value is -7.10. The Morgan fingerprint density at radius 2 is 0.849 bits per heavy atom. The van der Waals surface area contributed by atoms with Crippen LogP contribution < -0.4 is 0 Å². The average molecular weight is 675 g/mol. The zero-order valence-electron chi connectivity index (χ0n) is 28.6.